The van der Waals surface area contributed by atoms with Crippen LogP contribution in [0.2, 0.25) is 0 Å². The maximum atomic E-state index is 13.0. The lowest BCUT2D eigenvalue weighted by molar-refractivity contribution is -0.119. The van der Waals surface area contributed by atoms with Gasteiger partial charge in [-0.2, -0.15) is 5.26 Å². The summed E-state index contributed by atoms with van der Waals surface area (Å²) in [6.45, 7) is 9.59. The van der Waals surface area contributed by atoms with Crippen LogP contribution in [-0.2, 0) is 4.79 Å². The number of thiophene rings is 1. The van der Waals surface area contributed by atoms with E-state index in [-0.39, 0.29) is 29.2 Å². The van der Waals surface area contributed by atoms with Gasteiger partial charge in [0.1, 0.15) is 10.4 Å². The Kier molecular flexibility index (Phi) is 5.37. The molecule has 0 spiro atoms. The monoisotopic (exact) mass is 404 g/mol. The first kappa shape index (κ1) is 19.9. The summed E-state index contributed by atoms with van der Waals surface area (Å²) < 4.78 is 1.66. The summed E-state index contributed by atoms with van der Waals surface area (Å²) in [7, 11) is 0. The second-order valence-electron chi connectivity index (χ2n) is 7.55. The number of thioether (sulfide) groups is 1. The van der Waals surface area contributed by atoms with Crippen LogP contribution in [0.25, 0.3) is 10.2 Å². The number of aryl methyl sites for hydroxylation is 2. The summed E-state index contributed by atoms with van der Waals surface area (Å²) in [6.07, 6.45) is 1.94. The quantitative estimate of drug-likeness (QED) is 0.587. The third-order valence-electron chi connectivity index (χ3n) is 5.08. The van der Waals surface area contributed by atoms with E-state index in [1.165, 1.54) is 23.1 Å². The minimum absolute atomic E-state index is 0.0559. The first-order chi connectivity index (χ1) is 12.7. The predicted octanol–water partition coefficient (Wildman–Crippen LogP) is 3.56. The fourth-order valence-corrected chi connectivity index (χ4v) is 5.18. The Morgan fingerprint density at radius 1 is 1.48 bits per heavy atom. The molecular formula is C19H24N4O2S2. The van der Waals surface area contributed by atoms with Crippen LogP contribution >= 0.6 is 23.1 Å². The molecule has 0 radical (unpaired) electrons. The van der Waals surface area contributed by atoms with Crippen molar-refractivity contribution < 1.29 is 4.79 Å². The summed E-state index contributed by atoms with van der Waals surface area (Å²) >= 11 is 2.75. The fraction of sp³-hybridized carbons (Fsp3) is 0.579. The molecule has 0 saturated heterocycles. The molecule has 1 atom stereocenters. The number of hydrogen-bond acceptors (Lipinski definition) is 6. The smallest absolute Gasteiger partial charge is 0.263 e. The average Bonchev–Trinajstić information content (AvgIpc) is 3.40. The number of nitrogens with zero attached hydrogens (tertiary/aromatic N) is 3. The number of nitrogens with one attached hydrogen (secondary N) is 1. The van der Waals surface area contributed by atoms with Gasteiger partial charge < -0.3 is 5.32 Å². The molecule has 0 unspecified atom stereocenters. The highest BCUT2D eigenvalue weighted by Gasteiger charge is 2.43. The Labute approximate surface area is 167 Å². The first-order valence-corrected chi connectivity index (χ1v) is 10.9. The van der Waals surface area contributed by atoms with E-state index < -0.39 is 5.54 Å². The molecule has 27 heavy (non-hydrogen) atoms. The molecule has 6 nitrogen and oxygen atoms in total. The second kappa shape index (κ2) is 7.28. The van der Waals surface area contributed by atoms with Crippen LogP contribution in [0.4, 0.5) is 0 Å². The van der Waals surface area contributed by atoms with Crippen LogP contribution in [0.15, 0.2) is 9.95 Å². The van der Waals surface area contributed by atoms with E-state index >= 15 is 0 Å². The van der Waals surface area contributed by atoms with Crippen molar-refractivity contribution >= 4 is 39.2 Å². The van der Waals surface area contributed by atoms with Crippen LogP contribution in [0.5, 0.6) is 0 Å². The molecule has 8 heteroatoms. The molecule has 1 aliphatic rings. The maximum Gasteiger partial charge on any atom is 0.263 e. The van der Waals surface area contributed by atoms with Crippen molar-refractivity contribution in [1.82, 2.24) is 14.9 Å². The predicted molar refractivity (Wildman–Crippen MR) is 109 cm³/mol. The van der Waals surface area contributed by atoms with E-state index in [0.717, 1.165) is 28.1 Å². The van der Waals surface area contributed by atoms with Crippen molar-refractivity contribution in [2.75, 3.05) is 5.75 Å². The molecule has 0 bridgehead atoms. The number of carbonyl (C=O) groups is 1. The van der Waals surface area contributed by atoms with Crippen molar-refractivity contribution in [3.05, 3.63) is 20.8 Å². The summed E-state index contributed by atoms with van der Waals surface area (Å²) in [4.78, 5) is 31.9. The van der Waals surface area contributed by atoms with Gasteiger partial charge in [0.2, 0.25) is 5.91 Å². The van der Waals surface area contributed by atoms with Crippen LogP contribution in [0.3, 0.4) is 0 Å². The Balaban J connectivity index is 1.86. The third-order valence-corrected chi connectivity index (χ3v) is 7.13. The molecule has 2 heterocycles. The number of nitriles is 1. The van der Waals surface area contributed by atoms with Crippen molar-refractivity contribution in [3.8, 4) is 6.07 Å². The summed E-state index contributed by atoms with van der Waals surface area (Å²) in [5.74, 6) is 0.147. The Morgan fingerprint density at radius 2 is 2.15 bits per heavy atom. The zero-order chi connectivity index (χ0) is 19.9. The van der Waals surface area contributed by atoms with E-state index in [0.29, 0.717) is 10.5 Å². The standard InChI is InChI=1S/C19H24N4O2S2/c1-10(2)23-17(25)15-11(3)12(4)27-16(15)21-18(23)26-8-14(24)22-19(5,9-20)13-6-7-13/h10,13H,6-8H2,1-5H3,(H,22,24)/t19-/m0/s1. The van der Waals surface area contributed by atoms with Gasteiger partial charge >= 0.3 is 0 Å². The second-order valence-corrected chi connectivity index (χ2v) is 9.70. The average molecular weight is 405 g/mol. The highest BCUT2D eigenvalue weighted by Crippen LogP contribution is 2.39. The highest BCUT2D eigenvalue weighted by atomic mass is 32.2. The van der Waals surface area contributed by atoms with Crippen LogP contribution < -0.4 is 10.9 Å². The molecule has 1 saturated carbocycles. The topological polar surface area (TPSA) is 87.8 Å². The highest BCUT2D eigenvalue weighted by molar-refractivity contribution is 7.99. The molecule has 3 rings (SSSR count). The van der Waals surface area contributed by atoms with Gasteiger partial charge in [0.25, 0.3) is 5.56 Å². The first-order valence-electron chi connectivity index (χ1n) is 9.05. The SMILES string of the molecule is Cc1sc2nc(SCC(=O)N[C@@](C)(C#N)C3CC3)n(C(C)C)c(=O)c2c1C. The van der Waals surface area contributed by atoms with Gasteiger partial charge in [-0.3, -0.25) is 14.2 Å². The fourth-order valence-electron chi connectivity index (χ4n) is 3.18. The number of carbonyl (C=O) groups excluding carboxylic acids is 1. The Bertz CT molecular complexity index is 998. The van der Waals surface area contributed by atoms with Crippen molar-refractivity contribution in [2.45, 2.75) is 64.2 Å². The van der Waals surface area contributed by atoms with Gasteiger partial charge in [0, 0.05) is 10.9 Å². The number of hydrogen-bond donors (Lipinski definition) is 1. The number of fused-ring (bicyclic) bond motifs is 1. The Morgan fingerprint density at radius 3 is 2.70 bits per heavy atom. The summed E-state index contributed by atoms with van der Waals surface area (Å²) in [5, 5.41) is 13.5. The molecule has 0 aliphatic heterocycles. The van der Waals surface area contributed by atoms with Gasteiger partial charge in [-0.25, -0.2) is 4.98 Å². The lowest BCUT2D eigenvalue weighted by Gasteiger charge is -2.23. The number of aromatic nitrogens is 2. The molecule has 2 aromatic heterocycles. The Hall–Kier alpha value is -1.85. The minimum atomic E-state index is -0.811. The molecule has 1 N–H and O–H groups in total. The van der Waals surface area contributed by atoms with Crippen molar-refractivity contribution in [3.63, 3.8) is 0 Å². The summed E-state index contributed by atoms with van der Waals surface area (Å²) in [5.41, 5.74) is 0.111. The minimum Gasteiger partial charge on any atom is -0.337 e. The van der Waals surface area contributed by atoms with Gasteiger partial charge in [0.15, 0.2) is 5.16 Å². The molecule has 1 amide bonds. The summed E-state index contributed by atoms with van der Waals surface area (Å²) in [6, 6.07) is 2.17. The molecule has 2 aromatic rings. The van der Waals surface area contributed by atoms with Crippen molar-refractivity contribution in [2.24, 2.45) is 5.92 Å². The lowest BCUT2D eigenvalue weighted by Crippen LogP contribution is -2.47. The molecular weight excluding hydrogens is 380 g/mol. The van der Waals surface area contributed by atoms with Gasteiger partial charge in [-0.15, -0.1) is 11.3 Å². The van der Waals surface area contributed by atoms with Crippen LogP contribution in [0.1, 0.15) is 50.1 Å². The third kappa shape index (κ3) is 3.76. The van der Waals surface area contributed by atoms with Gasteiger partial charge in [0.05, 0.1) is 17.2 Å². The van der Waals surface area contributed by atoms with E-state index in [1.807, 2.05) is 27.7 Å². The van der Waals surface area contributed by atoms with E-state index in [2.05, 4.69) is 16.4 Å². The number of rotatable bonds is 6. The van der Waals surface area contributed by atoms with Crippen molar-refractivity contribution in [1.29, 1.82) is 5.26 Å². The normalized spacial score (nSPS) is 16.3. The van der Waals surface area contributed by atoms with E-state index in [1.54, 1.807) is 11.5 Å². The largest absolute Gasteiger partial charge is 0.337 e. The molecule has 1 aliphatic carbocycles. The number of amides is 1. The molecule has 0 aromatic carbocycles. The van der Waals surface area contributed by atoms with Crippen LogP contribution in [-0.4, -0.2) is 26.8 Å². The van der Waals surface area contributed by atoms with E-state index in [9.17, 15) is 14.9 Å². The zero-order valence-electron chi connectivity index (χ0n) is 16.3. The molecule has 144 valence electrons. The zero-order valence-corrected chi connectivity index (χ0v) is 17.9. The van der Waals surface area contributed by atoms with E-state index in [4.69, 9.17) is 0 Å². The lowest BCUT2D eigenvalue weighted by atomic mass is 9.98. The van der Waals surface area contributed by atoms with Gasteiger partial charge in [-0.1, -0.05) is 11.8 Å². The van der Waals surface area contributed by atoms with Crippen LogP contribution in [0, 0.1) is 31.1 Å². The van der Waals surface area contributed by atoms with Gasteiger partial charge in [-0.05, 0) is 58.9 Å². The maximum absolute atomic E-state index is 13.0. The molecule has 1 fully saturated rings.